The van der Waals surface area contributed by atoms with Gasteiger partial charge in [-0.3, -0.25) is 14.7 Å². The second kappa shape index (κ2) is 8.88. The molecule has 29 heavy (non-hydrogen) atoms. The van der Waals surface area contributed by atoms with Crippen LogP contribution in [-0.2, 0) is 17.9 Å². The molecule has 0 bridgehead atoms. The molecule has 0 spiro atoms. The van der Waals surface area contributed by atoms with Gasteiger partial charge in [0.15, 0.2) is 0 Å². The zero-order valence-electron chi connectivity index (χ0n) is 15.9. The number of aromatic hydroxyl groups is 1. The van der Waals surface area contributed by atoms with Gasteiger partial charge in [0.25, 0.3) is 0 Å². The molecular formula is C22H21N3O4. The van der Waals surface area contributed by atoms with Crippen molar-refractivity contribution in [3.63, 3.8) is 0 Å². The van der Waals surface area contributed by atoms with Crippen molar-refractivity contribution in [1.29, 1.82) is 0 Å². The fraction of sp³-hybridized carbons (Fsp3) is 0.136. The highest BCUT2D eigenvalue weighted by Crippen LogP contribution is 2.30. The molecule has 1 aromatic heterocycles. The smallest absolute Gasteiger partial charge is 0.415 e. The molecule has 0 aliphatic rings. The molecule has 0 fully saturated rings. The van der Waals surface area contributed by atoms with Crippen LogP contribution in [0.5, 0.6) is 5.75 Å². The van der Waals surface area contributed by atoms with E-state index in [0.29, 0.717) is 11.3 Å². The van der Waals surface area contributed by atoms with Gasteiger partial charge in [0.2, 0.25) is 5.91 Å². The summed E-state index contributed by atoms with van der Waals surface area (Å²) < 4.78 is 5.44. The Hall–Kier alpha value is -3.87. The minimum absolute atomic E-state index is 0.0392. The first-order valence-electron chi connectivity index (χ1n) is 8.95. The molecule has 3 N–H and O–H groups in total. The van der Waals surface area contributed by atoms with Crippen LogP contribution in [0.2, 0.25) is 0 Å². The van der Waals surface area contributed by atoms with E-state index in [-0.39, 0.29) is 18.9 Å². The van der Waals surface area contributed by atoms with Crippen molar-refractivity contribution in [3.8, 4) is 5.75 Å². The summed E-state index contributed by atoms with van der Waals surface area (Å²) in [7, 11) is 0. The number of anilines is 1. The Labute approximate surface area is 168 Å². The second-order valence-corrected chi connectivity index (χ2v) is 6.56. The van der Waals surface area contributed by atoms with Crippen LogP contribution >= 0.6 is 0 Å². The molecule has 3 rings (SSSR count). The summed E-state index contributed by atoms with van der Waals surface area (Å²) in [6, 6.07) is 15.1. The Morgan fingerprint density at radius 1 is 1.10 bits per heavy atom. The number of nitrogens with zero attached hydrogens (tertiary/aromatic N) is 2. The van der Waals surface area contributed by atoms with Crippen LogP contribution in [0.15, 0.2) is 67.0 Å². The largest absolute Gasteiger partial charge is 0.506 e. The summed E-state index contributed by atoms with van der Waals surface area (Å²) in [4.78, 5) is 29.5. The quantitative estimate of drug-likeness (QED) is 0.669. The molecule has 0 saturated heterocycles. The summed E-state index contributed by atoms with van der Waals surface area (Å²) in [5.74, 6) is -0.566. The third kappa shape index (κ3) is 5.10. The topological polar surface area (TPSA) is 106 Å². The van der Waals surface area contributed by atoms with Gasteiger partial charge in [0.1, 0.15) is 12.4 Å². The van der Waals surface area contributed by atoms with Crippen LogP contribution in [0, 0.1) is 6.92 Å². The highest BCUT2D eigenvalue weighted by Gasteiger charge is 2.21. The predicted molar refractivity (Wildman–Crippen MR) is 108 cm³/mol. The molecule has 0 atom stereocenters. The summed E-state index contributed by atoms with van der Waals surface area (Å²) in [5, 5.41) is 10.3. The number of carbonyl (C=O) groups excluding carboxylic acids is 2. The average Bonchev–Trinajstić information content (AvgIpc) is 2.73. The molecule has 2 amide bonds. The van der Waals surface area contributed by atoms with Gasteiger partial charge in [0, 0.05) is 23.5 Å². The molecular weight excluding hydrogens is 370 g/mol. The lowest BCUT2D eigenvalue weighted by atomic mass is 10.1. The van der Waals surface area contributed by atoms with E-state index in [0.717, 1.165) is 16.7 Å². The number of primary amides is 1. The van der Waals surface area contributed by atoms with Crippen molar-refractivity contribution in [2.75, 3.05) is 4.90 Å². The van der Waals surface area contributed by atoms with Crippen LogP contribution in [0.1, 0.15) is 27.0 Å². The van der Waals surface area contributed by atoms with Gasteiger partial charge in [-0.1, -0.05) is 24.3 Å². The zero-order valence-corrected chi connectivity index (χ0v) is 15.9. The van der Waals surface area contributed by atoms with Gasteiger partial charge >= 0.3 is 6.09 Å². The van der Waals surface area contributed by atoms with Crippen molar-refractivity contribution < 1.29 is 19.4 Å². The number of pyridine rings is 1. The van der Waals surface area contributed by atoms with Crippen LogP contribution in [0.4, 0.5) is 10.5 Å². The predicted octanol–water partition coefficient (Wildman–Crippen LogP) is 3.54. The number of rotatable bonds is 6. The summed E-state index contributed by atoms with van der Waals surface area (Å²) in [5.41, 5.74) is 8.36. The van der Waals surface area contributed by atoms with E-state index in [1.165, 1.54) is 11.0 Å². The third-order valence-corrected chi connectivity index (χ3v) is 4.31. The minimum Gasteiger partial charge on any atom is -0.506 e. The van der Waals surface area contributed by atoms with E-state index >= 15 is 0 Å². The number of hydrogen-bond donors (Lipinski definition) is 2. The molecule has 148 valence electrons. The van der Waals surface area contributed by atoms with E-state index in [9.17, 15) is 14.7 Å². The lowest BCUT2D eigenvalue weighted by molar-refractivity contribution is 0.1000. The lowest BCUT2D eigenvalue weighted by Gasteiger charge is -2.23. The Bertz CT molecular complexity index is 1000. The first kappa shape index (κ1) is 19.9. The Morgan fingerprint density at radius 2 is 1.86 bits per heavy atom. The number of nitrogens with two attached hydrogens (primary N) is 1. The summed E-state index contributed by atoms with van der Waals surface area (Å²) >= 11 is 0. The van der Waals surface area contributed by atoms with Gasteiger partial charge < -0.3 is 15.6 Å². The van der Waals surface area contributed by atoms with Crippen molar-refractivity contribution in [2.45, 2.75) is 20.1 Å². The molecule has 0 saturated carbocycles. The van der Waals surface area contributed by atoms with Crippen molar-refractivity contribution in [1.82, 2.24) is 4.98 Å². The zero-order chi connectivity index (χ0) is 20.8. The first-order chi connectivity index (χ1) is 13.9. The standard InChI is InChI=1S/C22H21N3O4/c1-15-4-9-20(26)19(11-15)25(13-16-5-7-18(8-6-16)21(23)27)22(28)29-14-17-3-2-10-24-12-17/h2-12,26H,13-14H2,1H3,(H2,23,27). The molecule has 3 aromatic rings. The van der Waals surface area contributed by atoms with Gasteiger partial charge in [-0.2, -0.15) is 0 Å². The highest BCUT2D eigenvalue weighted by atomic mass is 16.6. The van der Waals surface area contributed by atoms with E-state index in [4.69, 9.17) is 10.5 Å². The number of hydrogen-bond acceptors (Lipinski definition) is 5. The average molecular weight is 391 g/mol. The van der Waals surface area contributed by atoms with Gasteiger partial charge in [-0.15, -0.1) is 0 Å². The molecule has 0 unspecified atom stereocenters. The number of phenols is 1. The van der Waals surface area contributed by atoms with Crippen LogP contribution in [-0.4, -0.2) is 22.1 Å². The lowest BCUT2D eigenvalue weighted by Crippen LogP contribution is -2.31. The maximum absolute atomic E-state index is 12.9. The normalized spacial score (nSPS) is 10.4. The monoisotopic (exact) mass is 391 g/mol. The fourth-order valence-electron chi connectivity index (χ4n) is 2.76. The van der Waals surface area contributed by atoms with Gasteiger partial charge in [-0.25, -0.2) is 4.79 Å². The number of aryl methyl sites for hydroxylation is 1. The van der Waals surface area contributed by atoms with Crippen molar-refractivity contribution in [2.24, 2.45) is 5.73 Å². The van der Waals surface area contributed by atoms with E-state index in [1.54, 1.807) is 60.9 Å². The van der Waals surface area contributed by atoms with Crippen LogP contribution < -0.4 is 10.6 Å². The van der Waals surface area contributed by atoms with Crippen molar-refractivity contribution in [3.05, 3.63) is 89.2 Å². The molecule has 0 radical (unpaired) electrons. The van der Waals surface area contributed by atoms with E-state index in [1.807, 2.05) is 6.92 Å². The number of amides is 2. The second-order valence-electron chi connectivity index (χ2n) is 6.56. The molecule has 0 aliphatic heterocycles. The molecule has 1 heterocycles. The Kier molecular flexibility index (Phi) is 6.09. The van der Waals surface area contributed by atoms with Gasteiger partial charge in [0.05, 0.1) is 12.2 Å². The van der Waals surface area contributed by atoms with Crippen molar-refractivity contribution >= 4 is 17.7 Å². The highest BCUT2D eigenvalue weighted by molar-refractivity contribution is 5.93. The number of phenolic OH excluding ortho intramolecular Hbond substituents is 1. The number of ether oxygens (including phenoxy) is 1. The summed E-state index contributed by atoms with van der Waals surface area (Å²) in [6.45, 7) is 2.06. The van der Waals surface area contributed by atoms with E-state index < -0.39 is 12.0 Å². The minimum atomic E-state index is -0.617. The van der Waals surface area contributed by atoms with E-state index in [2.05, 4.69) is 4.98 Å². The summed E-state index contributed by atoms with van der Waals surface area (Å²) in [6.07, 6.45) is 2.64. The van der Waals surface area contributed by atoms with Crippen LogP contribution in [0.3, 0.4) is 0 Å². The fourth-order valence-corrected chi connectivity index (χ4v) is 2.76. The maximum atomic E-state index is 12.9. The molecule has 7 heteroatoms. The number of benzene rings is 2. The Morgan fingerprint density at radius 3 is 2.52 bits per heavy atom. The SMILES string of the molecule is Cc1ccc(O)c(N(Cc2ccc(C(N)=O)cc2)C(=O)OCc2cccnc2)c1. The number of carbonyl (C=O) groups is 2. The molecule has 7 nitrogen and oxygen atoms in total. The number of aromatic nitrogens is 1. The van der Waals surface area contributed by atoms with Crippen LogP contribution in [0.25, 0.3) is 0 Å². The van der Waals surface area contributed by atoms with Gasteiger partial charge in [-0.05, 0) is 48.4 Å². The first-order valence-corrected chi connectivity index (χ1v) is 8.95. The Balaban J connectivity index is 1.85. The molecule has 2 aromatic carbocycles. The third-order valence-electron chi connectivity index (χ3n) is 4.31. The molecule has 0 aliphatic carbocycles. The maximum Gasteiger partial charge on any atom is 0.415 e.